The van der Waals surface area contributed by atoms with E-state index in [0.717, 1.165) is 0 Å². The van der Waals surface area contributed by atoms with Crippen molar-refractivity contribution in [3.8, 4) is 0 Å². The Hall–Kier alpha value is -2.42. The first-order chi connectivity index (χ1) is 9.13. The van der Waals surface area contributed by atoms with E-state index in [-0.39, 0.29) is 21.0 Å². The van der Waals surface area contributed by atoms with Gasteiger partial charge in [0, 0.05) is 33.2 Å². The van der Waals surface area contributed by atoms with Gasteiger partial charge in [-0.05, 0) is 6.42 Å². The zero-order valence-electron chi connectivity index (χ0n) is 11.0. The van der Waals surface area contributed by atoms with Crippen LogP contribution in [-0.4, -0.2) is 54.5 Å². The molecule has 0 unspecified atom stereocenters. The van der Waals surface area contributed by atoms with E-state index in [1.54, 1.807) is 0 Å². The summed E-state index contributed by atoms with van der Waals surface area (Å²) in [5.74, 6) is -4.73. The van der Waals surface area contributed by atoms with Gasteiger partial charge in [-0.25, -0.2) is 19.2 Å². The van der Waals surface area contributed by atoms with Crippen LogP contribution in [0.4, 0.5) is 0 Å². The minimum absolute atomic E-state index is 0.0525. The summed E-state index contributed by atoms with van der Waals surface area (Å²) in [6.07, 6.45) is 2.10. The van der Waals surface area contributed by atoms with Crippen LogP contribution >= 0.6 is 0 Å². The molecule has 0 atom stereocenters. The molecule has 0 aromatic carbocycles. The molecule has 0 rings (SSSR count). The highest BCUT2D eigenvalue weighted by Crippen LogP contribution is 2.09. The zero-order chi connectivity index (χ0) is 16.3. The van der Waals surface area contributed by atoms with E-state index in [2.05, 4.69) is 0 Å². The van der Waals surface area contributed by atoms with Gasteiger partial charge in [-0.3, -0.25) is 0 Å². The third-order valence-electron chi connectivity index (χ3n) is 1.90. The van der Waals surface area contributed by atoms with Gasteiger partial charge in [0.05, 0.1) is 0 Å². The summed E-state index contributed by atoms with van der Waals surface area (Å²) >= 11 is 0. The largest absolute Gasteiger partial charge is 0.478 e. The van der Waals surface area contributed by atoms with Crippen molar-refractivity contribution in [3.63, 3.8) is 0 Å². The van der Waals surface area contributed by atoms with Crippen molar-refractivity contribution in [1.82, 2.24) is 0 Å². The van der Waals surface area contributed by atoms with Crippen LogP contribution in [0.2, 0.25) is 0 Å². The topological polar surface area (TPSA) is 149 Å². The molecule has 0 saturated carbocycles. The molecule has 0 aromatic heterocycles. The molecule has 0 aliphatic carbocycles. The Kier molecular flexibility index (Phi) is 10.4. The summed E-state index contributed by atoms with van der Waals surface area (Å²) in [6, 6.07) is 0. The lowest BCUT2D eigenvalue weighted by atomic mass is 10.1. The van der Waals surface area contributed by atoms with Crippen molar-refractivity contribution in [2.45, 2.75) is 19.8 Å². The van der Waals surface area contributed by atoms with Gasteiger partial charge >= 0.3 is 23.9 Å². The predicted molar refractivity (Wildman–Crippen MR) is 71.6 cm³/mol. The van der Waals surface area contributed by atoms with Crippen LogP contribution in [0.3, 0.4) is 0 Å². The molecule has 112 valence electrons. The monoisotopic (exact) mass is 304 g/mol. The molecule has 9 heteroatoms. The maximum atomic E-state index is 10.5. The number of aliphatic carboxylic acids is 4. The highest BCUT2D eigenvalue weighted by atomic mass is 28.1. The molecule has 0 aromatic rings. The fourth-order valence-electron chi connectivity index (χ4n) is 0.976. The van der Waals surface area contributed by atoms with Gasteiger partial charge in [-0.2, -0.15) is 0 Å². The summed E-state index contributed by atoms with van der Waals surface area (Å²) in [5.41, 5.74) is 0.0525. The Bertz CT molecular complexity index is 433. The molecule has 0 aliphatic rings. The van der Waals surface area contributed by atoms with Gasteiger partial charge in [0.15, 0.2) is 0 Å². The first-order valence-electron chi connectivity index (χ1n) is 5.43. The van der Waals surface area contributed by atoms with Crippen molar-refractivity contribution in [3.05, 3.63) is 22.9 Å². The maximum absolute atomic E-state index is 10.5. The van der Waals surface area contributed by atoms with E-state index < -0.39 is 23.9 Å². The van der Waals surface area contributed by atoms with Gasteiger partial charge < -0.3 is 20.4 Å². The molecule has 8 nitrogen and oxygen atoms in total. The highest BCUT2D eigenvalue weighted by molar-refractivity contribution is 6.37. The Morgan fingerprint density at radius 3 is 1.50 bits per heavy atom. The number of hydrogen-bond donors (Lipinski definition) is 4. The number of carboxylic acids is 4. The van der Waals surface area contributed by atoms with Crippen LogP contribution in [0.15, 0.2) is 22.9 Å². The van der Waals surface area contributed by atoms with E-state index >= 15 is 0 Å². The number of rotatable bonds is 6. The average Bonchev–Trinajstić information content (AvgIpc) is 2.32. The Labute approximate surface area is 117 Å². The summed E-state index contributed by atoms with van der Waals surface area (Å²) in [7, 11) is 0.268. The lowest BCUT2D eigenvalue weighted by Gasteiger charge is -2.02. The minimum atomic E-state index is -1.26. The lowest BCUT2D eigenvalue weighted by molar-refractivity contribution is -0.135. The van der Waals surface area contributed by atoms with Gasteiger partial charge in [0.1, 0.15) is 0 Å². The van der Waals surface area contributed by atoms with E-state index in [9.17, 15) is 19.2 Å². The summed E-state index contributed by atoms with van der Waals surface area (Å²) in [6.45, 7) is 1.82. The average molecular weight is 304 g/mol. The van der Waals surface area contributed by atoms with Crippen LogP contribution in [0, 0.1) is 0 Å². The second kappa shape index (κ2) is 10.5. The van der Waals surface area contributed by atoms with Gasteiger partial charge in [0.25, 0.3) is 0 Å². The van der Waals surface area contributed by atoms with Crippen molar-refractivity contribution in [2.24, 2.45) is 0 Å². The zero-order valence-corrected chi connectivity index (χ0v) is 13.0. The molecular formula is C11H16O8Si. The molecule has 0 amide bonds. The van der Waals surface area contributed by atoms with Crippen molar-refractivity contribution in [1.29, 1.82) is 0 Å². The third kappa shape index (κ3) is 10.7. The fraction of sp³-hybridized carbons (Fsp3) is 0.273. The Balaban J connectivity index is 0. The summed E-state index contributed by atoms with van der Waals surface area (Å²) < 4.78 is 0. The van der Waals surface area contributed by atoms with Crippen LogP contribution < -0.4 is 0 Å². The second-order valence-corrected chi connectivity index (χ2v) is 4.47. The fourth-order valence-corrected chi connectivity index (χ4v) is 1.44. The molecular weight excluding hydrogens is 288 g/mol. The SMILES string of the molecule is CCC/C(C(=O)O)=C(\[SiH3])C(=O)O.O=C(O)/C=C/C(=O)O. The van der Waals surface area contributed by atoms with Gasteiger partial charge in [-0.1, -0.05) is 13.3 Å². The van der Waals surface area contributed by atoms with Crippen LogP contribution in [0.1, 0.15) is 19.8 Å². The minimum Gasteiger partial charge on any atom is -0.478 e. The smallest absolute Gasteiger partial charge is 0.331 e. The van der Waals surface area contributed by atoms with Gasteiger partial charge in [0.2, 0.25) is 0 Å². The lowest BCUT2D eigenvalue weighted by Crippen LogP contribution is -2.11. The van der Waals surface area contributed by atoms with Crippen LogP contribution in [0.5, 0.6) is 0 Å². The summed E-state index contributed by atoms with van der Waals surface area (Å²) in [5, 5.41) is 32.9. The first kappa shape index (κ1) is 19.9. The summed E-state index contributed by atoms with van der Waals surface area (Å²) in [4.78, 5) is 40.1. The Morgan fingerprint density at radius 1 is 0.900 bits per heavy atom. The van der Waals surface area contributed by atoms with Crippen molar-refractivity contribution in [2.75, 3.05) is 0 Å². The predicted octanol–water partition coefficient (Wildman–Crippen LogP) is -0.713. The first-order valence-corrected chi connectivity index (χ1v) is 6.43. The third-order valence-corrected chi connectivity index (χ3v) is 2.93. The molecule has 0 bridgehead atoms. The molecule has 0 fully saturated rings. The van der Waals surface area contributed by atoms with Crippen LogP contribution in [-0.2, 0) is 19.2 Å². The molecule has 0 heterocycles. The van der Waals surface area contributed by atoms with E-state index in [4.69, 9.17) is 20.4 Å². The molecule has 20 heavy (non-hydrogen) atoms. The molecule has 0 radical (unpaired) electrons. The van der Waals surface area contributed by atoms with Gasteiger partial charge in [-0.15, -0.1) is 0 Å². The van der Waals surface area contributed by atoms with Crippen molar-refractivity contribution >= 4 is 34.1 Å². The molecule has 0 saturated heterocycles. The van der Waals surface area contributed by atoms with E-state index in [1.165, 1.54) is 0 Å². The number of carbonyl (C=O) groups is 4. The van der Waals surface area contributed by atoms with Crippen LogP contribution in [0.25, 0.3) is 0 Å². The quantitative estimate of drug-likeness (QED) is 0.371. The second-order valence-electron chi connectivity index (χ2n) is 3.47. The van der Waals surface area contributed by atoms with E-state index in [1.807, 2.05) is 6.92 Å². The standard InChI is InChI=1S/C7H12O4Si.C4H4O4/c1-2-3-4(6(8)9)5(12)7(10)11;5-3(6)1-2-4(7)8/h2-3H2,1,12H3,(H,8,9)(H,10,11);1-2H,(H,5,6)(H,7,8)/b5-4+;2-1+. The molecule has 4 N–H and O–H groups in total. The molecule has 0 spiro atoms. The normalized spacial score (nSPS) is 11.2. The van der Waals surface area contributed by atoms with Crippen molar-refractivity contribution < 1.29 is 39.6 Å². The number of hydrogen-bond acceptors (Lipinski definition) is 4. The highest BCUT2D eigenvalue weighted by Gasteiger charge is 2.14. The maximum Gasteiger partial charge on any atom is 0.331 e. The number of carboxylic acid groups (broad SMARTS) is 4. The Morgan fingerprint density at radius 2 is 1.30 bits per heavy atom. The van der Waals surface area contributed by atoms with E-state index in [0.29, 0.717) is 25.0 Å². The molecule has 0 aliphatic heterocycles.